The van der Waals surface area contributed by atoms with Gasteiger partial charge in [-0.15, -0.1) is 0 Å². The molecule has 3 aromatic rings. The Hall–Kier alpha value is -3.00. The number of nitrogens with one attached hydrogen (secondary N) is 1. The van der Waals surface area contributed by atoms with Crippen molar-refractivity contribution in [1.29, 1.82) is 0 Å². The number of aromatic nitrogens is 2. The molecule has 162 valence electrons. The molecule has 8 heteroatoms. The molecule has 0 unspecified atom stereocenters. The fraction of sp³-hybridized carbons (Fsp3) is 0.348. The zero-order valence-corrected chi connectivity index (χ0v) is 18.6. The van der Waals surface area contributed by atoms with Gasteiger partial charge in [0.15, 0.2) is 0 Å². The van der Waals surface area contributed by atoms with Gasteiger partial charge >= 0.3 is 0 Å². The Morgan fingerprint density at radius 2 is 1.97 bits per heavy atom. The van der Waals surface area contributed by atoms with Gasteiger partial charge in [-0.1, -0.05) is 13.0 Å². The number of benzene rings is 1. The first-order valence-electron chi connectivity index (χ1n) is 10.4. The smallest absolute Gasteiger partial charge is 0.264 e. The summed E-state index contributed by atoms with van der Waals surface area (Å²) in [6, 6.07) is 10.2. The molecule has 1 fully saturated rings. The maximum absolute atomic E-state index is 13.3. The highest BCUT2D eigenvalue weighted by Crippen LogP contribution is 2.51. The first kappa shape index (κ1) is 21.2. The van der Waals surface area contributed by atoms with E-state index in [-0.39, 0.29) is 4.90 Å². The monoisotopic (exact) mass is 439 g/mol. The standard InChI is InChI=1S/C23H25N3O4S/c1-4-16-13-18(21(24-14-16)30-5-2)23(11-12-23)22(27)26-31(28,29)20-8-6-7-19-17(20)10-9-15(3)25-19/h6-10,13-14H,4-5,11-12H2,1-3H3,(H,26,27). The molecule has 4 rings (SSSR count). The van der Waals surface area contributed by atoms with Crippen molar-refractivity contribution in [2.45, 2.75) is 50.3 Å². The Morgan fingerprint density at radius 3 is 2.65 bits per heavy atom. The summed E-state index contributed by atoms with van der Waals surface area (Å²) in [5.74, 6) is -0.171. The van der Waals surface area contributed by atoms with E-state index >= 15 is 0 Å². The SMILES string of the molecule is CCOc1ncc(CC)cc1C1(C(=O)NS(=O)(=O)c2cccc3nc(C)ccc23)CC1. The van der Waals surface area contributed by atoms with Crippen LogP contribution in [0.3, 0.4) is 0 Å². The third-order valence-electron chi connectivity index (χ3n) is 5.64. The molecule has 2 heterocycles. The highest BCUT2D eigenvalue weighted by atomic mass is 32.2. The highest BCUT2D eigenvalue weighted by Gasteiger charge is 2.54. The van der Waals surface area contributed by atoms with Crippen molar-refractivity contribution in [3.63, 3.8) is 0 Å². The van der Waals surface area contributed by atoms with E-state index in [9.17, 15) is 13.2 Å². The Bertz CT molecular complexity index is 1270. The van der Waals surface area contributed by atoms with E-state index in [2.05, 4.69) is 14.7 Å². The fourth-order valence-electron chi connectivity index (χ4n) is 3.76. The van der Waals surface area contributed by atoms with Gasteiger partial charge in [-0.2, -0.15) is 0 Å². The van der Waals surface area contributed by atoms with E-state index in [0.717, 1.165) is 17.7 Å². The molecule has 0 atom stereocenters. The molecule has 2 aromatic heterocycles. The number of pyridine rings is 2. The first-order valence-corrected chi connectivity index (χ1v) is 11.8. The summed E-state index contributed by atoms with van der Waals surface area (Å²) in [7, 11) is -4.09. The zero-order valence-electron chi connectivity index (χ0n) is 17.8. The second kappa shape index (κ2) is 7.92. The molecular weight excluding hydrogens is 414 g/mol. The molecule has 1 aliphatic rings. The largest absolute Gasteiger partial charge is 0.478 e. The van der Waals surface area contributed by atoms with Crippen molar-refractivity contribution in [1.82, 2.24) is 14.7 Å². The van der Waals surface area contributed by atoms with Gasteiger partial charge in [0, 0.05) is 22.8 Å². The van der Waals surface area contributed by atoms with Crippen molar-refractivity contribution in [3.05, 3.63) is 59.4 Å². The number of carbonyl (C=O) groups excluding carboxylic acids is 1. The summed E-state index contributed by atoms with van der Waals surface area (Å²) in [4.78, 5) is 22.1. The lowest BCUT2D eigenvalue weighted by atomic mass is 9.94. The summed E-state index contributed by atoms with van der Waals surface area (Å²) < 4.78 is 34.3. The number of rotatable bonds is 7. The van der Waals surface area contributed by atoms with Crippen molar-refractivity contribution in [2.24, 2.45) is 0 Å². The lowest BCUT2D eigenvalue weighted by Gasteiger charge is -2.19. The summed E-state index contributed by atoms with van der Waals surface area (Å²) in [6.07, 6.45) is 3.56. The molecule has 31 heavy (non-hydrogen) atoms. The van der Waals surface area contributed by atoms with Crippen molar-refractivity contribution in [2.75, 3.05) is 6.61 Å². The Labute approximate surface area is 181 Å². The molecule has 0 aliphatic heterocycles. The van der Waals surface area contributed by atoms with Crippen LogP contribution >= 0.6 is 0 Å². The fourth-order valence-corrected chi connectivity index (χ4v) is 5.03. The predicted octanol–water partition coefficient (Wildman–Crippen LogP) is 3.44. The summed E-state index contributed by atoms with van der Waals surface area (Å²) in [5.41, 5.74) is 2.02. The Morgan fingerprint density at radius 1 is 1.19 bits per heavy atom. The number of hydrogen-bond acceptors (Lipinski definition) is 6. The zero-order chi connectivity index (χ0) is 22.2. The van der Waals surface area contributed by atoms with E-state index < -0.39 is 21.3 Å². The van der Waals surface area contributed by atoms with Gasteiger partial charge in [-0.3, -0.25) is 9.78 Å². The van der Waals surface area contributed by atoms with E-state index in [4.69, 9.17) is 4.74 Å². The maximum atomic E-state index is 13.3. The number of nitrogens with zero attached hydrogens (tertiary/aromatic N) is 2. The van der Waals surface area contributed by atoms with Gasteiger partial charge in [0.25, 0.3) is 10.0 Å². The first-order chi connectivity index (χ1) is 14.8. The quantitative estimate of drug-likeness (QED) is 0.606. The van der Waals surface area contributed by atoms with Crippen LogP contribution < -0.4 is 9.46 Å². The van der Waals surface area contributed by atoms with Crippen LogP contribution in [0.5, 0.6) is 5.88 Å². The molecule has 0 saturated heterocycles. The molecule has 0 bridgehead atoms. The molecule has 1 saturated carbocycles. The minimum absolute atomic E-state index is 0.0344. The van der Waals surface area contributed by atoms with Crippen LogP contribution in [-0.4, -0.2) is 30.9 Å². The minimum Gasteiger partial charge on any atom is -0.478 e. The van der Waals surface area contributed by atoms with E-state index in [0.29, 0.717) is 41.8 Å². The number of aryl methyl sites for hydroxylation is 2. The van der Waals surface area contributed by atoms with E-state index in [1.165, 1.54) is 6.07 Å². The number of sulfonamides is 1. The summed E-state index contributed by atoms with van der Waals surface area (Å²) in [5, 5.41) is 0.475. The van der Waals surface area contributed by atoms with Crippen LogP contribution in [0, 0.1) is 6.92 Å². The predicted molar refractivity (Wildman–Crippen MR) is 118 cm³/mol. The minimum atomic E-state index is -4.09. The third-order valence-corrected chi connectivity index (χ3v) is 7.03. The van der Waals surface area contributed by atoms with Gasteiger partial charge in [0.2, 0.25) is 11.8 Å². The van der Waals surface area contributed by atoms with Gasteiger partial charge in [-0.25, -0.2) is 18.1 Å². The number of carbonyl (C=O) groups is 1. The third kappa shape index (κ3) is 3.87. The van der Waals surface area contributed by atoms with E-state index in [1.807, 2.05) is 26.8 Å². The molecule has 1 N–H and O–H groups in total. The molecule has 1 aromatic carbocycles. The van der Waals surface area contributed by atoms with Gasteiger partial charge in [0.1, 0.15) is 0 Å². The van der Waals surface area contributed by atoms with Crippen LogP contribution in [0.2, 0.25) is 0 Å². The number of amides is 1. The summed E-state index contributed by atoms with van der Waals surface area (Å²) >= 11 is 0. The maximum Gasteiger partial charge on any atom is 0.264 e. The second-order valence-corrected chi connectivity index (χ2v) is 9.43. The van der Waals surface area contributed by atoms with Crippen LogP contribution in [0.1, 0.15) is 43.5 Å². The molecule has 0 radical (unpaired) electrons. The average molecular weight is 440 g/mol. The second-order valence-electron chi connectivity index (χ2n) is 7.78. The highest BCUT2D eigenvalue weighted by molar-refractivity contribution is 7.90. The van der Waals surface area contributed by atoms with E-state index in [1.54, 1.807) is 30.5 Å². The Kier molecular flexibility index (Phi) is 5.43. The lowest BCUT2D eigenvalue weighted by molar-refractivity contribution is -0.121. The van der Waals surface area contributed by atoms with Crippen LogP contribution in [0.4, 0.5) is 0 Å². The Balaban J connectivity index is 1.70. The molecule has 7 nitrogen and oxygen atoms in total. The molecule has 1 aliphatic carbocycles. The number of fused-ring (bicyclic) bond motifs is 1. The summed E-state index contributed by atoms with van der Waals surface area (Å²) in [6.45, 7) is 6.10. The van der Waals surface area contributed by atoms with Crippen LogP contribution in [0.15, 0.2) is 47.5 Å². The lowest BCUT2D eigenvalue weighted by Crippen LogP contribution is -2.39. The molecule has 1 amide bonds. The van der Waals surface area contributed by atoms with Crippen molar-refractivity contribution in [3.8, 4) is 5.88 Å². The van der Waals surface area contributed by atoms with Crippen LogP contribution in [-0.2, 0) is 26.7 Å². The molecular formula is C23H25N3O4S. The number of ether oxygens (including phenoxy) is 1. The average Bonchev–Trinajstić information content (AvgIpc) is 3.55. The topological polar surface area (TPSA) is 98.2 Å². The van der Waals surface area contributed by atoms with Gasteiger partial charge < -0.3 is 4.74 Å². The van der Waals surface area contributed by atoms with Crippen molar-refractivity contribution < 1.29 is 17.9 Å². The van der Waals surface area contributed by atoms with Crippen LogP contribution in [0.25, 0.3) is 10.9 Å². The van der Waals surface area contributed by atoms with Crippen molar-refractivity contribution >= 4 is 26.8 Å². The van der Waals surface area contributed by atoms with Gasteiger partial charge in [-0.05, 0) is 69.0 Å². The molecule has 0 spiro atoms. The normalized spacial score (nSPS) is 14.9. The van der Waals surface area contributed by atoms with Gasteiger partial charge in [0.05, 0.1) is 22.4 Å². The number of hydrogen-bond donors (Lipinski definition) is 1.